The van der Waals surface area contributed by atoms with Gasteiger partial charge in [-0.05, 0) is 5.56 Å². The van der Waals surface area contributed by atoms with Crippen molar-refractivity contribution in [1.82, 2.24) is 0 Å². The van der Waals surface area contributed by atoms with Gasteiger partial charge in [-0.1, -0.05) is 36.4 Å². The number of allylic oxidation sites excluding steroid dienone is 1. The van der Waals surface area contributed by atoms with E-state index in [0.29, 0.717) is 0 Å². The van der Waals surface area contributed by atoms with Gasteiger partial charge in [0, 0.05) is 0 Å². The lowest BCUT2D eigenvalue weighted by Gasteiger charge is -2.01. The van der Waals surface area contributed by atoms with Gasteiger partial charge in [-0.2, -0.15) is 0 Å². The fourth-order valence-corrected chi connectivity index (χ4v) is 0.918. The molecule has 12 heavy (non-hydrogen) atoms. The first-order valence-corrected chi connectivity index (χ1v) is 4.10. The van der Waals surface area contributed by atoms with E-state index in [1.54, 1.807) is 6.08 Å². The molecule has 0 heterocycles. The summed E-state index contributed by atoms with van der Waals surface area (Å²) >= 11 is 5.87. The van der Waals surface area contributed by atoms with Crippen molar-refractivity contribution in [2.75, 3.05) is 0 Å². The van der Waals surface area contributed by atoms with Crippen LogP contribution in [0.4, 0.5) is 0 Å². The minimum Gasteiger partial charge on any atom is -0.113 e. The zero-order chi connectivity index (χ0) is 9.40. The Balaban J connectivity index is 0.000000561. The van der Waals surface area contributed by atoms with Gasteiger partial charge >= 0.3 is 0 Å². The fourth-order valence-electron chi connectivity index (χ4n) is 0.773. The van der Waals surface area contributed by atoms with E-state index in [4.69, 9.17) is 11.6 Å². The third kappa shape index (κ3) is 3.40. The van der Waals surface area contributed by atoms with Gasteiger partial charge in [0.1, 0.15) is 0 Å². The summed E-state index contributed by atoms with van der Waals surface area (Å²) < 4.78 is 0. The van der Waals surface area contributed by atoms with Crippen molar-refractivity contribution in [2.24, 2.45) is 0 Å². The third-order valence-electron chi connectivity index (χ3n) is 1.32. The lowest BCUT2D eigenvalue weighted by atomic mass is 10.1. The van der Waals surface area contributed by atoms with Crippen molar-refractivity contribution in [3.63, 3.8) is 0 Å². The van der Waals surface area contributed by atoms with Crippen LogP contribution in [-0.2, 0) is 0 Å². The van der Waals surface area contributed by atoms with Gasteiger partial charge in [0.2, 0.25) is 0 Å². The smallest absolute Gasteiger partial charge is 0.0763 e. The predicted molar refractivity (Wildman–Crippen MR) is 56.5 cm³/mol. The topological polar surface area (TPSA) is 0 Å². The molecule has 1 aromatic rings. The molecule has 0 aromatic heterocycles. The van der Waals surface area contributed by atoms with Crippen LogP contribution in [0.2, 0.25) is 0 Å². The quantitative estimate of drug-likeness (QED) is 0.478. The lowest BCUT2D eigenvalue weighted by molar-refractivity contribution is 1.22. The van der Waals surface area contributed by atoms with Gasteiger partial charge in [0.15, 0.2) is 0 Å². The van der Waals surface area contributed by atoms with Crippen LogP contribution < -0.4 is 0 Å². The molecule has 0 aliphatic heterocycles. The molecule has 1 heteroatoms. The Morgan fingerprint density at radius 3 is 2.08 bits per heavy atom. The molecular weight excluding hydrogens is 168 g/mol. The van der Waals surface area contributed by atoms with Crippen molar-refractivity contribution >= 4 is 11.6 Å². The Labute approximate surface area is 79.2 Å². The normalized spacial score (nSPS) is 10.8. The Bertz CT molecular complexity index is 216. The van der Waals surface area contributed by atoms with Gasteiger partial charge in [-0.25, -0.2) is 0 Å². The maximum Gasteiger partial charge on any atom is 0.0763 e. The van der Waals surface area contributed by atoms with E-state index in [2.05, 4.69) is 19.7 Å². The maximum absolute atomic E-state index is 5.87. The van der Waals surface area contributed by atoms with Crippen molar-refractivity contribution in [3.8, 4) is 0 Å². The standard InChI is InChI=1S/C9H9Cl.C2H4/c1-2-9(10)8-6-4-3-5-7-8;1-2/h2-7,9H,1H2;1-2H2. The van der Waals surface area contributed by atoms with Gasteiger partial charge < -0.3 is 0 Å². The van der Waals surface area contributed by atoms with E-state index in [1.807, 2.05) is 30.3 Å². The predicted octanol–water partition coefficient (Wildman–Crippen LogP) is 3.95. The van der Waals surface area contributed by atoms with E-state index in [1.165, 1.54) is 0 Å². The van der Waals surface area contributed by atoms with Crippen LogP contribution in [0.15, 0.2) is 56.1 Å². The van der Waals surface area contributed by atoms with Gasteiger partial charge in [0.05, 0.1) is 5.38 Å². The molecule has 1 unspecified atom stereocenters. The monoisotopic (exact) mass is 180 g/mol. The Kier molecular flexibility index (Phi) is 6.12. The molecule has 0 bridgehead atoms. The number of hydrogen-bond acceptors (Lipinski definition) is 0. The molecule has 1 aromatic carbocycles. The van der Waals surface area contributed by atoms with E-state index in [9.17, 15) is 0 Å². The highest BCUT2D eigenvalue weighted by Crippen LogP contribution is 2.19. The van der Waals surface area contributed by atoms with Crippen LogP contribution in [0.5, 0.6) is 0 Å². The Morgan fingerprint density at radius 1 is 1.17 bits per heavy atom. The maximum atomic E-state index is 5.87. The number of benzene rings is 1. The number of rotatable bonds is 2. The van der Waals surface area contributed by atoms with Crippen molar-refractivity contribution in [2.45, 2.75) is 5.38 Å². The summed E-state index contributed by atoms with van der Waals surface area (Å²) in [4.78, 5) is 0. The van der Waals surface area contributed by atoms with Crippen molar-refractivity contribution in [3.05, 3.63) is 61.7 Å². The minimum atomic E-state index is -0.0544. The second-order valence-electron chi connectivity index (χ2n) is 2.05. The highest BCUT2D eigenvalue weighted by Gasteiger charge is 1.98. The van der Waals surface area contributed by atoms with Gasteiger partial charge in [-0.15, -0.1) is 31.3 Å². The highest BCUT2D eigenvalue weighted by atomic mass is 35.5. The minimum absolute atomic E-state index is 0.0544. The Hall–Kier alpha value is -1.01. The molecule has 0 amide bonds. The van der Waals surface area contributed by atoms with Crippen LogP contribution >= 0.6 is 11.6 Å². The van der Waals surface area contributed by atoms with Gasteiger partial charge in [-0.3, -0.25) is 0 Å². The van der Waals surface area contributed by atoms with Crippen LogP contribution in [0.25, 0.3) is 0 Å². The zero-order valence-corrected chi connectivity index (χ0v) is 7.80. The van der Waals surface area contributed by atoms with E-state index in [-0.39, 0.29) is 5.38 Å². The summed E-state index contributed by atoms with van der Waals surface area (Å²) in [5.74, 6) is 0. The molecule has 0 nitrogen and oxygen atoms in total. The van der Waals surface area contributed by atoms with Gasteiger partial charge in [0.25, 0.3) is 0 Å². The number of halogens is 1. The van der Waals surface area contributed by atoms with Crippen molar-refractivity contribution < 1.29 is 0 Å². The molecule has 0 aliphatic carbocycles. The first-order valence-electron chi connectivity index (χ1n) is 3.66. The molecule has 0 N–H and O–H groups in total. The molecule has 1 atom stereocenters. The largest absolute Gasteiger partial charge is 0.113 e. The number of alkyl halides is 1. The highest BCUT2D eigenvalue weighted by molar-refractivity contribution is 6.21. The molecular formula is C11H13Cl. The molecule has 0 radical (unpaired) electrons. The van der Waals surface area contributed by atoms with Crippen molar-refractivity contribution in [1.29, 1.82) is 0 Å². The summed E-state index contributed by atoms with van der Waals surface area (Å²) in [5, 5.41) is -0.0544. The summed E-state index contributed by atoms with van der Waals surface area (Å²) in [6.45, 7) is 9.61. The SMILES string of the molecule is C=C.C=CC(Cl)c1ccccc1. The first-order chi connectivity index (χ1) is 5.84. The fraction of sp³-hybridized carbons (Fsp3) is 0.0909. The Morgan fingerprint density at radius 2 is 1.67 bits per heavy atom. The molecule has 0 aliphatic rings. The second kappa shape index (κ2) is 6.68. The average Bonchev–Trinajstić information content (AvgIpc) is 2.21. The summed E-state index contributed by atoms with van der Waals surface area (Å²) in [5.41, 5.74) is 1.10. The molecule has 0 spiro atoms. The third-order valence-corrected chi connectivity index (χ3v) is 1.76. The van der Waals surface area contributed by atoms with E-state index < -0.39 is 0 Å². The summed E-state index contributed by atoms with van der Waals surface area (Å²) in [6.07, 6.45) is 1.72. The second-order valence-corrected chi connectivity index (χ2v) is 2.52. The summed E-state index contributed by atoms with van der Waals surface area (Å²) in [7, 11) is 0. The van der Waals surface area contributed by atoms with Crippen LogP contribution in [-0.4, -0.2) is 0 Å². The van der Waals surface area contributed by atoms with Crippen LogP contribution in [0, 0.1) is 0 Å². The van der Waals surface area contributed by atoms with E-state index >= 15 is 0 Å². The molecule has 0 fully saturated rings. The molecule has 1 rings (SSSR count). The lowest BCUT2D eigenvalue weighted by Crippen LogP contribution is -1.82. The van der Waals surface area contributed by atoms with E-state index in [0.717, 1.165) is 5.56 Å². The van der Waals surface area contributed by atoms with Crippen LogP contribution in [0.3, 0.4) is 0 Å². The van der Waals surface area contributed by atoms with Crippen LogP contribution in [0.1, 0.15) is 10.9 Å². The molecule has 0 saturated heterocycles. The number of hydrogen-bond donors (Lipinski definition) is 0. The summed E-state index contributed by atoms with van der Waals surface area (Å²) in [6, 6.07) is 9.87. The molecule has 64 valence electrons. The zero-order valence-electron chi connectivity index (χ0n) is 7.04. The average molecular weight is 181 g/mol. The first kappa shape index (κ1) is 11.0. The molecule has 0 saturated carbocycles.